The third kappa shape index (κ3) is 7.54. The Morgan fingerprint density at radius 1 is 1.14 bits per heavy atom. The van der Waals surface area contributed by atoms with Crippen LogP contribution in [0.4, 0.5) is 0 Å². The Bertz CT molecular complexity index is 476. The van der Waals surface area contributed by atoms with Crippen molar-refractivity contribution in [2.24, 2.45) is 5.73 Å². The molecule has 1 rings (SSSR count). The number of carbonyl (C=O) groups is 1. The van der Waals surface area contributed by atoms with Crippen LogP contribution in [-0.4, -0.2) is 30.8 Å². The molecule has 0 aliphatic heterocycles. The lowest BCUT2D eigenvalue weighted by Crippen LogP contribution is -2.39. The van der Waals surface area contributed by atoms with Gasteiger partial charge >= 0.3 is 0 Å². The lowest BCUT2D eigenvalue weighted by molar-refractivity contribution is -0.131. The predicted octanol–water partition coefficient (Wildman–Crippen LogP) is 1.55. The number of carbonyl (C=O) groups excluding carboxylic acids is 1. The van der Waals surface area contributed by atoms with Gasteiger partial charge in [-0.3, -0.25) is 4.79 Å². The fourth-order valence-corrected chi connectivity index (χ4v) is 1.88. The van der Waals surface area contributed by atoms with Crippen molar-refractivity contribution in [3.8, 4) is 0 Å². The second kappa shape index (κ2) is 7.72. The summed E-state index contributed by atoms with van der Waals surface area (Å²) < 4.78 is 5.22. The topological polar surface area (TPSA) is 76.4 Å². The number of amides is 1. The molecule has 1 aromatic carbocycles. The van der Waals surface area contributed by atoms with Gasteiger partial charge < -0.3 is 21.1 Å². The Balaban J connectivity index is 2.43. The standard InChI is InChI=1S/C17H29N3O2/c1-16(2,19-5)10-13-6-8-14(9-7-13)11-20-15(21)12-22-17(3,4)18/h6-9,19H,10-12,18H2,1-5H3,(H,20,21). The monoisotopic (exact) mass is 307 g/mol. The summed E-state index contributed by atoms with van der Waals surface area (Å²) in [5.41, 5.74) is 7.27. The molecule has 124 valence electrons. The summed E-state index contributed by atoms with van der Waals surface area (Å²) in [6, 6.07) is 8.27. The van der Waals surface area contributed by atoms with Crippen LogP contribution in [0.3, 0.4) is 0 Å². The van der Waals surface area contributed by atoms with E-state index >= 15 is 0 Å². The number of ether oxygens (including phenoxy) is 1. The Labute approximate surface area is 133 Å². The minimum atomic E-state index is -0.793. The van der Waals surface area contributed by atoms with E-state index in [1.807, 2.05) is 19.2 Å². The van der Waals surface area contributed by atoms with Crippen LogP contribution in [0.15, 0.2) is 24.3 Å². The van der Waals surface area contributed by atoms with E-state index in [9.17, 15) is 4.79 Å². The summed E-state index contributed by atoms with van der Waals surface area (Å²) in [6.07, 6.45) is 0.954. The average molecular weight is 307 g/mol. The first kappa shape index (κ1) is 18.6. The molecule has 0 radical (unpaired) electrons. The predicted molar refractivity (Wildman–Crippen MR) is 89.3 cm³/mol. The molecular weight excluding hydrogens is 278 g/mol. The number of benzene rings is 1. The van der Waals surface area contributed by atoms with E-state index in [-0.39, 0.29) is 18.1 Å². The third-order valence-corrected chi connectivity index (χ3v) is 3.41. The van der Waals surface area contributed by atoms with Crippen LogP contribution in [0.25, 0.3) is 0 Å². The number of likely N-dealkylation sites (N-methyl/N-ethyl adjacent to an activating group) is 1. The SMILES string of the molecule is CNC(C)(C)Cc1ccc(CNC(=O)COC(C)(C)N)cc1. The van der Waals surface area contributed by atoms with Gasteiger partial charge in [0.05, 0.1) is 0 Å². The quantitative estimate of drug-likeness (QED) is 0.637. The van der Waals surface area contributed by atoms with Gasteiger partial charge in [-0.05, 0) is 52.3 Å². The minimum Gasteiger partial charge on any atom is -0.352 e. The summed E-state index contributed by atoms with van der Waals surface area (Å²) in [4.78, 5) is 11.7. The Morgan fingerprint density at radius 2 is 1.68 bits per heavy atom. The molecule has 0 unspecified atom stereocenters. The van der Waals surface area contributed by atoms with E-state index in [0.717, 1.165) is 12.0 Å². The lowest BCUT2D eigenvalue weighted by Gasteiger charge is -2.24. The van der Waals surface area contributed by atoms with Gasteiger partial charge in [0.25, 0.3) is 0 Å². The first-order valence-corrected chi connectivity index (χ1v) is 7.57. The van der Waals surface area contributed by atoms with Gasteiger partial charge in [0, 0.05) is 12.1 Å². The van der Waals surface area contributed by atoms with Gasteiger partial charge in [0.2, 0.25) is 5.91 Å². The molecule has 1 amide bonds. The molecule has 5 heteroatoms. The number of nitrogens with one attached hydrogen (secondary N) is 2. The van der Waals surface area contributed by atoms with Gasteiger partial charge in [0.1, 0.15) is 12.3 Å². The molecule has 0 heterocycles. The van der Waals surface area contributed by atoms with Crippen LogP contribution in [0.5, 0.6) is 0 Å². The van der Waals surface area contributed by atoms with Crippen molar-refractivity contribution < 1.29 is 9.53 Å². The van der Waals surface area contributed by atoms with E-state index in [1.165, 1.54) is 5.56 Å². The zero-order valence-electron chi connectivity index (χ0n) is 14.3. The molecule has 4 N–H and O–H groups in total. The summed E-state index contributed by atoms with van der Waals surface area (Å²) >= 11 is 0. The lowest BCUT2D eigenvalue weighted by atomic mass is 9.95. The van der Waals surface area contributed by atoms with Crippen molar-refractivity contribution >= 4 is 5.91 Å². The second-order valence-electron chi connectivity index (χ2n) is 6.80. The molecule has 5 nitrogen and oxygen atoms in total. The maximum absolute atomic E-state index is 11.7. The van der Waals surface area contributed by atoms with E-state index in [0.29, 0.717) is 6.54 Å². The normalized spacial score (nSPS) is 12.3. The highest BCUT2D eigenvalue weighted by atomic mass is 16.5. The number of hydrogen-bond donors (Lipinski definition) is 3. The fourth-order valence-electron chi connectivity index (χ4n) is 1.88. The van der Waals surface area contributed by atoms with Crippen molar-refractivity contribution in [2.75, 3.05) is 13.7 Å². The maximum atomic E-state index is 11.7. The number of rotatable bonds is 8. The zero-order chi connectivity index (χ0) is 16.8. The number of hydrogen-bond acceptors (Lipinski definition) is 4. The molecule has 0 spiro atoms. The maximum Gasteiger partial charge on any atom is 0.246 e. The minimum absolute atomic E-state index is 0.0298. The van der Waals surface area contributed by atoms with Gasteiger partial charge in [-0.15, -0.1) is 0 Å². The van der Waals surface area contributed by atoms with Crippen LogP contribution in [0.1, 0.15) is 38.8 Å². The Morgan fingerprint density at radius 3 is 2.18 bits per heavy atom. The first-order chi connectivity index (χ1) is 10.1. The van der Waals surface area contributed by atoms with Gasteiger partial charge in [0.15, 0.2) is 0 Å². The Kier molecular flexibility index (Phi) is 6.53. The summed E-state index contributed by atoms with van der Waals surface area (Å²) in [7, 11) is 1.97. The largest absolute Gasteiger partial charge is 0.352 e. The second-order valence-corrected chi connectivity index (χ2v) is 6.80. The van der Waals surface area contributed by atoms with E-state index in [4.69, 9.17) is 10.5 Å². The number of nitrogens with two attached hydrogens (primary N) is 1. The first-order valence-electron chi connectivity index (χ1n) is 7.57. The highest BCUT2D eigenvalue weighted by Gasteiger charge is 2.15. The summed E-state index contributed by atoms with van der Waals surface area (Å²) in [5, 5.41) is 6.11. The molecule has 0 atom stereocenters. The highest BCUT2D eigenvalue weighted by Crippen LogP contribution is 2.13. The molecule has 0 saturated carbocycles. The third-order valence-electron chi connectivity index (χ3n) is 3.41. The smallest absolute Gasteiger partial charge is 0.246 e. The molecule has 1 aromatic rings. The molecule has 0 aliphatic rings. The highest BCUT2D eigenvalue weighted by molar-refractivity contribution is 5.77. The van der Waals surface area contributed by atoms with Crippen LogP contribution in [0.2, 0.25) is 0 Å². The van der Waals surface area contributed by atoms with Crippen LogP contribution >= 0.6 is 0 Å². The van der Waals surface area contributed by atoms with E-state index in [1.54, 1.807) is 13.8 Å². The van der Waals surface area contributed by atoms with Crippen LogP contribution in [-0.2, 0) is 22.5 Å². The summed E-state index contributed by atoms with van der Waals surface area (Å²) in [6.45, 7) is 8.22. The molecule has 0 aromatic heterocycles. The molecule has 0 aliphatic carbocycles. The summed E-state index contributed by atoms with van der Waals surface area (Å²) in [5.74, 6) is -0.168. The average Bonchev–Trinajstić information content (AvgIpc) is 2.43. The molecule has 0 fully saturated rings. The van der Waals surface area contributed by atoms with Crippen molar-refractivity contribution in [1.82, 2.24) is 10.6 Å². The van der Waals surface area contributed by atoms with Gasteiger partial charge in [-0.1, -0.05) is 24.3 Å². The van der Waals surface area contributed by atoms with Crippen molar-refractivity contribution in [3.63, 3.8) is 0 Å². The zero-order valence-corrected chi connectivity index (χ0v) is 14.3. The fraction of sp³-hybridized carbons (Fsp3) is 0.588. The van der Waals surface area contributed by atoms with E-state index < -0.39 is 5.72 Å². The van der Waals surface area contributed by atoms with Crippen molar-refractivity contribution in [2.45, 2.75) is 51.9 Å². The van der Waals surface area contributed by atoms with Crippen molar-refractivity contribution in [3.05, 3.63) is 35.4 Å². The van der Waals surface area contributed by atoms with Crippen LogP contribution in [0, 0.1) is 0 Å². The molecular formula is C17H29N3O2. The van der Waals surface area contributed by atoms with E-state index in [2.05, 4.69) is 36.6 Å². The van der Waals surface area contributed by atoms with Crippen molar-refractivity contribution in [1.29, 1.82) is 0 Å². The molecule has 22 heavy (non-hydrogen) atoms. The molecule has 0 bridgehead atoms. The van der Waals surface area contributed by atoms with Gasteiger partial charge in [-0.25, -0.2) is 0 Å². The van der Waals surface area contributed by atoms with Crippen LogP contribution < -0.4 is 16.4 Å². The Hall–Kier alpha value is -1.43. The van der Waals surface area contributed by atoms with Gasteiger partial charge in [-0.2, -0.15) is 0 Å². The molecule has 0 saturated heterocycles.